The number of aromatic nitrogens is 2. The van der Waals surface area contributed by atoms with Gasteiger partial charge in [-0.2, -0.15) is 5.10 Å². The Morgan fingerprint density at radius 3 is 3.00 bits per heavy atom. The smallest absolute Gasteiger partial charge is 0.242 e. The van der Waals surface area contributed by atoms with Crippen LogP contribution >= 0.6 is 0 Å². The van der Waals surface area contributed by atoms with Crippen LogP contribution < -0.4 is 5.32 Å². The highest BCUT2D eigenvalue weighted by Crippen LogP contribution is 2.03. The van der Waals surface area contributed by atoms with Gasteiger partial charge in [-0.25, -0.2) is 0 Å². The van der Waals surface area contributed by atoms with Crippen molar-refractivity contribution in [1.82, 2.24) is 24.9 Å². The molecule has 0 aromatic carbocycles. The topological polar surface area (TPSA) is 70.5 Å². The Kier molecular flexibility index (Phi) is 4.16. The standard InChI is InChI=1S/C12H19N5O2/c1-15(7-10-5-14-16(2)8-10)12(19)9-17-4-3-13-6-11(17)18/h5,8,13H,3-4,6-7,9H2,1-2H3. The average molecular weight is 265 g/mol. The van der Waals surface area contributed by atoms with Crippen LogP contribution in [0.1, 0.15) is 5.56 Å². The highest BCUT2D eigenvalue weighted by Gasteiger charge is 2.21. The van der Waals surface area contributed by atoms with Crippen LogP contribution in [0.2, 0.25) is 0 Å². The summed E-state index contributed by atoms with van der Waals surface area (Å²) in [4.78, 5) is 26.9. The number of piperazine rings is 1. The van der Waals surface area contributed by atoms with Crippen LogP contribution in [0, 0.1) is 0 Å². The molecule has 0 spiro atoms. The van der Waals surface area contributed by atoms with Crippen molar-refractivity contribution in [3.05, 3.63) is 18.0 Å². The summed E-state index contributed by atoms with van der Waals surface area (Å²) in [5.74, 6) is -0.0755. The SMILES string of the molecule is CN(Cc1cnn(C)c1)C(=O)CN1CCNCC1=O. The van der Waals surface area contributed by atoms with E-state index in [1.54, 1.807) is 27.7 Å². The van der Waals surface area contributed by atoms with Crippen LogP contribution in [0.5, 0.6) is 0 Å². The summed E-state index contributed by atoms with van der Waals surface area (Å²) in [5.41, 5.74) is 0.977. The van der Waals surface area contributed by atoms with Gasteiger partial charge in [0.25, 0.3) is 0 Å². The molecule has 1 aliphatic rings. The number of carbonyl (C=O) groups is 2. The molecule has 0 saturated carbocycles. The molecule has 0 atom stereocenters. The van der Waals surface area contributed by atoms with Gasteiger partial charge in [-0.15, -0.1) is 0 Å². The highest BCUT2D eigenvalue weighted by atomic mass is 16.2. The second-order valence-corrected chi connectivity index (χ2v) is 4.76. The molecule has 1 aromatic rings. The third-order valence-corrected chi connectivity index (χ3v) is 3.12. The first kappa shape index (κ1) is 13.5. The van der Waals surface area contributed by atoms with Crippen molar-refractivity contribution >= 4 is 11.8 Å². The van der Waals surface area contributed by atoms with Gasteiger partial charge in [0.05, 0.1) is 19.3 Å². The van der Waals surface area contributed by atoms with Gasteiger partial charge in [-0.3, -0.25) is 14.3 Å². The summed E-state index contributed by atoms with van der Waals surface area (Å²) < 4.78 is 1.70. The molecule has 1 N–H and O–H groups in total. The van der Waals surface area contributed by atoms with E-state index in [9.17, 15) is 9.59 Å². The van der Waals surface area contributed by atoms with Gasteiger partial charge in [0.15, 0.2) is 0 Å². The zero-order valence-corrected chi connectivity index (χ0v) is 11.3. The summed E-state index contributed by atoms with van der Waals surface area (Å²) in [6.07, 6.45) is 3.61. The van der Waals surface area contributed by atoms with Gasteiger partial charge in [0.2, 0.25) is 11.8 Å². The molecule has 2 rings (SSSR count). The Labute approximate surface area is 112 Å². The minimum absolute atomic E-state index is 0.0191. The Hall–Kier alpha value is -1.89. The lowest BCUT2D eigenvalue weighted by Gasteiger charge is -2.28. The molecule has 0 aliphatic carbocycles. The lowest BCUT2D eigenvalue weighted by molar-refractivity contribution is -0.140. The third-order valence-electron chi connectivity index (χ3n) is 3.12. The van der Waals surface area contributed by atoms with Crippen molar-refractivity contribution in [2.45, 2.75) is 6.54 Å². The lowest BCUT2D eigenvalue weighted by atomic mass is 10.3. The zero-order chi connectivity index (χ0) is 13.8. The maximum atomic E-state index is 12.1. The van der Waals surface area contributed by atoms with Gasteiger partial charge in [-0.1, -0.05) is 0 Å². The normalized spacial score (nSPS) is 15.7. The van der Waals surface area contributed by atoms with E-state index in [4.69, 9.17) is 0 Å². The van der Waals surface area contributed by atoms with Crippen molar-refractivity contribution in [2.75, 3.05) is 33.2 Å². The first-order valence-corrected chi connectivity index (χ1v) is 6.26. The quantitative estimate of drug-likeness (QED) is 0.743. The van der Waals surface area contributed by atoms with Crippen LogP contribution in [0.3, 0.4) is 0 Å². The molecule has 104 valence electrons. The van der Waals surface area contributed by atoms with Gasteiger partial charge in [0.1, 0.15) is 0 Å². The predicted molar refractivity (Wildman–Crippen MR) is 69.1 cm³/mol. The highest BCUT2D eigenvalue weighted by molar-refractivity contribution is 5.86. The monoisotopic (exact) mass is 265 g/mol. The molecule has 1 fully saturated rings. The van der Waals surface area contributed by atoms with Crippen molar-refractivity contribution in [1.29, 1.82) is 0 Å². The molecule has 1 aromatic heterocycles. The number of hydrogen-bond acceptors (Lipinski definition) is 4. The van der Waals surface area contributed by atoms with Crippen LogP contribution in [-0.2, 0) is 23.2 Å². The molecule has 7 heteroatoms. The molecule has 2 amide bonds. The van der Waals surface area contributed by atoms with Crippen LogP contribution in [-0.4, -0.2) is 64.6 Å². The molecular weight excluding hydrogens is 246 g/mol. The van der Waals surface area contributed by atoms with E-state index in [0.29, 0.717) is 19.6 Å². The Bertz CT molecular complexity index is 470. The van der Waals surface area contributed by atoms with Crippen molar-refractivity contribution < 1.29 is 9.59 Å². The fourth-order valence-electron chi connectivity index (χ4n) is 2.01. The number of nitrogens with one attached hydrogen (secondary N) is 1. The molecule has 0 radical (unpaired) electrons. The van der Waals surface area contributed by atoms with Crippen molar-refractivity contribution in [2.24, 2.45) is 7.05 Å². The van der Waals surface area contributed by atoms with Gasteiger partial charge in [-0.05, 0) is 0 Å². The van der Waals surface area contributed by atoms with Crippen molar-refractivity contribution in [3.63, 3.8) is 0 Å². The number of hydrogen-bond donors (Lipinski definition) is 1. The fourth-order valence-corrected chi connectivity index (χ4v) is 2.01. The van der Waals surface area contributed by atoms with Gasteiger partial charge in [0, 0.05) is 45.5 Å². The minimum Gasteiger partial charge on any atom is -0.340 e. The zero-order valence-electron chi connectivity index (χ0n) is 11.3. The molecular formula is C12H19N5O2. The van der Waals surface area contributed by atoms with E-state index in [2.05, 4.69) is 10.4 Å². The summed E-state index contributed by atoms with van der Waals surface area (Å²) in [6, 6.07) is 0. The Morgan fingerprint density at radius 2 is 2.37 bits per heavy atom. The Balaban J connectivity index is 1.86. The second-order valence-electron chi connectivity index (χ2n) is 4.76. The maximum Gasteiger partial charge on any atom is 0.242 e. The number of nitrogens with zero attached hydrogens (tertiary/aromatic N) is 4. The first-order valence-electron chi connectivity index (χ1n) is 6.26. The molecule has 7 nitrogen and oxygen atoms in total. The van der Waals surface area contributed by atoms with E-state index in [-0.39, 0.29) is 18.4 Å². The van der Waals surface area contributed by atoms with E-state index < -0.39 is 0 Å². The van der Waals surface area contributed by atoms with Gasteiger partial charge >= 0.3 is 0 Å². The largest absolute Gasteiger partial charge is 0.340 e. The van der Waals surface area contributed by atoms with Gasteiger partial charge < -0.3 is 15.1 Å². The summed E-state index contributed by atoms with van der Waals surface area (Å²) in [6.45, 7) is 2.31. The average Bonchev–Trinajstić information content (AvgIpc) is 2.77. The van der Waals surface area contributed by atoms with Crippen LogP contribution in [0.15, 0.2) is 12.4 Å². The second kappa shape index (κ2) is 5.83. The molecule has 1 saturated heterocycles. The van der Waals surface area contributed by atoms with E-state index in [0.717, 1.165) is 12.1 Å². The molecule has 1 aliphatic heterocycles. The molecule has 0 unspecified atom stereocenters. The molecule has 0 bridgehead atoms. The minimum atomic E-state index is -0.0564. The van der Waals surface area contributed by atoms with Crippen molar-refractivity contribution in [3.8, 4) is 0 Å². The Morgan fingerprint density at radius 1 is 1.58 bits per heavy atom. The summed E-state index contributed by atoms with van der Waals surface area (Å²) in [5, 5.41) is 7.05. The number of rotatable bonds is 4. The number of carbonyl (C=O) groups excluding carboxylic acids is 2. The number of aryl methyl sites for hydroxylation is 1. The maximum absolute atomic E-state index is 12.1. The number of likely N-dealkylation sites (N-methyl/N-ethyl adjacent to an activating group) is 1. The van der Waals surface area contributed by atoms with E-state index in [1.165, 1.54) is 0 Å². The van der Waals surface area contributed by atoms with E-state index >= 15 is 0 Å². The molecule has 19 heavy (non-hydrogen) atoms. The fraction of sp³-hybridized carbons (Fsp3) is 0.583. The third kappa shape index (κ3) is 3.54. The summed E-state index contributed by atoms with van der Waals surface area (Å²) in [7, 11) is 3.58. The first-order chi connectivity index (χ1) is 9.06. The molecule has 2 heterocycles. The van der Waals surface area contributed by atoms with E-state index in [1.807, 2.05) is 13.2 Å². The lowest BCUT2D eigenvalue weighted by Crippen LogP contribution is -2.51. The van der Waals surface area contributed by atoms with Crippen LogP contribution in [0.25, 0.3) is 0 Å². The van der Waals surface area contributed by atoms with Crippen LogP contribution in [0.4, 0.5) is 0 Å². The summed E-state index contributed by atoms with van der Waals surface area (Å²) >= 11 is 0. The predicted octanol–water partition coefficient (Wildman–Crippen LogP) is -1.19. The number of amides is 2.